The maximum absolute atomic E-state index is 12.5. The summed E-state index contributed by atoms with van der Waals surface area (Å²) in [6.45, 7) is 3.59. The van der Waals surface area contributed by atoms with Gasteiger partial charge in [-0.15, -0.1) is 10.2 Å². The molecule has 5 heterocycles. The van der Waals surface area contributed by atoms with Crippen LogP contribution >= 0.6 is 0 Å². The van der Waals surface area contributed by atoms with Crippen molar-refractivity contribution in [2.24, 2.45) is 5.92 Å². The van der Waals surface area contributed by atoms with Crippen LogP contribution in [0.4, 0.5) is 8.78 Å². The van der Waals surface area contributed by atoms with Crippen LogP contribution < -0.4 is 0 Å². The standard InChI is InChI=1S/C19H22F2N4O2/c1-19-6-14-4-11(5-15(7-19)25(14)19)9-26-10-13-3-2-12(8-22-13)17-23-24-18(27-17)16(20)21/h2-3,8,11,14-16H,4-7,9-10H2,1H3. The minimum absolute atomic E-state index is 0.0463. The van der Waals surface area contributed by atoms with Gasteiger partial charge in [0, 0.05) is 23.8 Å². The minimum atomic E-state index is -2.77. The van der Waals surface area contributed by atoms with Gasteiger partial charge in [-0.2, -0.15) is 8.78 Å². The van der Waals surface area contributed by atoms with Gasteiger partial charge in [0.1, 0.15) is 0 Å². The van der Waals surface area contributed by atoms with E-state index in [2.05, 4.69) is 27.0 Å². The molecule has 0 aromatic carbocycles. The highest BCUT2D eigenvalue weighted by molar-refractivity contribution is 5.50. The zero-order valence-corrected chi connectivity index (χ0v) is 15.1. The molecule has 3 fully saturated rings. The number of hydrogen-bond donors (Lipinski definition) is 0. The van der Waals surface area contributed by atoms with Crippen molar-refractivity contribution < 1.29 is 17.9 Å². The Morgan fingerprint density at radius 1 is 1.26 bits per heavy atom. The van der Waals surface area contributed by atoms with Gasteiger partial charge in [0.25, 0.3) is 5.89 Å². The third-order valence-corrected chi connectivity index (χ3v) is 6.27. The average molecular weight is 376 g/mol. The topological polar surface area (TPSA) is 64.3 Å². The molecule has 0 amide bonds. The van der Waals surface area contributed by atoms with Gasteiger partial charge in [0.15, 0.2) is 0 Å². The second-order valence-electron chi connectivity index (χ2n) is 8.26. The van der Waals surface area contributed by atoms with Gasteiger partial charge < -0.3 is 9.15 Å². The SMILES string of the molecule is CC12CC3CC(COCc4ccc(-c5nnc(C(F)F)o5)cn4)CC(C1)N32. The summed E-state index contributed by atoms with van der Waals surface area (Å²) in [4.78, 5) is 7.02. The van der Waals surface area contributed by atoms with E-state index in [1.54, 1.807) is 18.3 Å². The van der Waals surface area contributed by atoms with Crippen molar-refractivity contribution in [3.05, 3.63) is 29.9 Å². The lowest BCUT2D eigenvalue weighted by Crippen LogP contribution is -2.79. The fraction of sp³-hybridized carbons (Fsp3) is 0.632. The number of hydrogen-bond acceptors (Lipinski definition) is 6. The minimum Gasteiger partial charge on any atom is -0.415 e. The summed E-state index contributed by atoms with van der Waals surface area (Å²) in [5.41, 5.74) is 1.83. The third-order valence-electron chi connectivity index (χ3n) is 6.27. The average Bonchev–Trinajstić information content (AvgIpc) is 3.10. The van der Waals surface area contributed by atoms with Gasteiger partial charge in [-0.1, -0.05) is 0 Å². The van der Waals surface area contributed by atoms with Crippen LogP contribution in [0, 0.1) is 5.92 Å². The molecule has 2 unspecified atom stereocenters. The maximum Gasteiger partial charge on any atom is 0.314 e. The van der Waals surface area contributed by atoms with Crippen LogP contribution in [0.3, 0.4) is 0 Å². The molecule has 0 saturated carbocycles. The number of halogens is 2. The number of rotatable bonds is 6. The summed E-state index contributed by atoms with van der Waals surface area (Å²) < 4.78 is 35.9. The van der Waals surface area contributed by atoms with E-state index in [0.717, 1.165) is 24.4 Å². The third kappa shape index (κ3) is 2.95. The number of aromatic nitrogens is 3. The van der Waals surface area contributed by atoms with Crippen LogP contribution in [0.1, 0.15) is 50.6 Å². The molecule has 2 aromatic heterocycles. The first kappa shape index (κ1) is 17.2. The van der Waals surface area contributed by atoms with Crippen LogP contribution in [0.25, 0.3) is 11.5 Å². The first-order chi connectivity index (χ1) is 13.0. The molecule has 5 rings (SSSR count). The quantitative estimate of drug-likeness (QED) is 0.768. The Balaban J connectivity index is 1.12. The van der Waals surface area contributed by atoms with Crippen LogP contribution in [0.15, 0.2) is 22.7 Å². The largest absolute Gasteiger partial charge is 0.415 e. The fourth-order valence-electron chi connectivity index (χ4n) is 5.26. The van der Waals surface area contributed by atoms with Crippen molar-refractivity contribution in [2.75, 3.05) is 6.61 Å². The summed E-state index contributed by atoms with van der Waals surface area (Å²) in [5.74, 6) is -0.00161. The molecule has 2 aromatic rings. The van der Waals surface area contributed by atoms with Crippen molar-refractivity contribution in [2.45, 2.75) is 63.3 Å². The second-order valence-corrected chi connectivity index (χ2v) is 8.26. The van der Waals surface area contributed by atoms with Gasteiger partial charge in [0.05, 0.1) is 24.5 Å². The predicted molar refractivity (Wildman–Crippen MR) is 91.9 cm³/mol. The molecule has 0 radical (unpaired) electrons. The van der Waals surface area contributed by atoms with E-state index in [4.69, 9.17) is 9.15 Å². The Kier molecular flexibility index (Phi) is 4.01. The summed E-state index contributed by atoms with van der Waals surface area (Å²) in [6, 6.07) is 5.06. The number of piperidine rings is 2. The molecule has 0 N–H and O–H groups in total. The van der Waals surface area contributed by atoms with Crippen LogP contribution in [-0.4, -0.2) is 44.3 Å². The molecule has 0 aliphatic carbocycles. The van der Waals surface area contributed by atoms with Crippen molar-refractivity contribution in [3.63, 3.8) is 0 Å². The number of ether oxygens (including phenoxy) is 1. The Labute approximate surface area is 155 Å². The monoisotopic (exact) mass is 376 g/mol. The molecule has 6 nitrogen and oxygen atoms in total. The van der Waals surface area contributed by atoms with E-state index in [0.29, 0.717) is 23.6 Å². The molecule has 3 aliphatic heterocycles. The molecule has 3 saturated heterocycles. The second kappa shape index (κ2) is 6.31. The zero-order chi connectivity index (χ0) is 18.6. The van der Waals surface area contributed by atoms with Crippen molar-refractivity contribution in [1.29, 1.82) is 0 Å². The smallest absolute Gasteiger partial charge is 0.314 e. The van der Waals surface area contributed by atoms with E-state index in [1.807, 2.05) is 0 Å². The van der Waals surface area contributed by atoms with E-state index < -0.39 is 12.3 Å². The lowest BCUT2D eigenvalue weighted by Gasteiger charge is -2.72. The normalized spacial score (nSPS) is 32.1. The first-order valence-corrected chi connectivity index (χ1v) is 9.45. The van der Waals surface area contributed by atoms with E-state index in [1.165, 1.54) is 25.7 Å². The highest BCUT2D eigenvalue weighted by Gasteiger charge is 2.62. The molecular weight excluding hydrogens is 354 g/mol. The lowest BCUT2D eigenvalue weighted by molar-refractivity contribution is -0.222. The molecule has 2 atom stereocenters. The first-order valence-electron chi connectivity index (χ1n) is 9.45. The van der Waals surface area contributed by atoms with Crippen molar-refractivity contribution >= 4 is 0 Å². The summed E-state index contributed by atoms with van der Waals surface area (Å²) in [5, 5.41) is 6.95. The predicted octanol–water partition coefficient (Wildman–Crippen LogP) is 3.60. The van der Waals surface area contributed by atoms with Crippen LogP contribution in [0.5, 0.6) is 0 Å². The summed E-state index contributed by atoms with van der Waals surface area (Å²) in [6.07, 6.45) is 3.93. The van der Waals surface area contributed by atoms with Gasteiger partial charge in [-0.3, -0.25) is 9.88 Å². The van der Waals surface area contributed by atoms with Gasteiger partial charge in [-0.25, -0.2) is 0 Å². The lowest BCUT2D eigenvalue weighted by atomic mass is 9.59. The van der Waals surface area contributed by atoms with Crippen molar-refractivity contribution in [3.8, 4) is 11.5 Å². The van der Waals surface area contributed by atoms with E-state index >= 15 is 0 Å². The fourth-order valence-corrected chi connectivity index (χ4v) is 5.26. The molecule has 3 aliphatic rings. The molecule has 8 heteroatoms. The Morgan fingerprint density at radius 2 is 2.04 bits per heavy atom. The summed E-state index contributed by atoms with van der Waals surface area (Å²) in [7, 11) is 0. The van der Waals surface area contributed by atoms with E-state index in [9.17, 15) is 8.78 Å². The molecule has 0 bridgehead atoms. The molecule has 144 valence electrons. The Bertz CT molecular complexity index is 809. The van der Waals surface area contributed by atoms with Gasteiger partial charge in [0.2, 0.25) is 5.89 Å². The van der Waals surface area contributed by atoms with E-state index in [-0.39, 0.29) is 5.89 Å². The zero-order valence-electron chi connectivity index (χ0n) is 15.1. The maximum atomic E-state index is 12.5. The molecular formula is C19H22F2N4O2. The Hall–Kier alpha value is -1.93. The van der Waals surface area contributed by atoms with Gasteiger partial charge >= 0.3 is 6.43 Å². The Morgan fingerprint density at radius 3 is 2.63 bits per heavy atom. The highest BCUT2D eigenvalue weighted by atomic mass is 19.3. The van der Waals surface area contributed by atoms with Gasteiger partial charge in [-0.05, 0) is 50.7 Å². The number of nitrogens with zero attached hydrogens (tertiary/aromatic N) is 4. The van der Waals surface area contributed by atoms with Crippen molar-refractivity contribution in [1.82, 2.24) is 20.1 Å². The number of alkyl halides is 2. The number of pyridine rings is 1. The van der Waals surface area contributed by atoms with Crippen LogP contribution in [-0.2, 0) is 11.3 Å². The summed E-state index contributed by atoms with van der Waals surface area (Å²) >= 11 is 0. The molecule has 27 heavy (non-hydrogen) atoms. The molecule has 0 spiro atoms. The highest BCUT2D eigenvalue weighted by Crippen LogP contribution is 2.57. The van der Waals surface area contributed by atoms with Crippen LogP contribution in [0.2, 0.25) is 0 Å².